The quantitative estimate of drug-likeness (QED) is 0.858. The number of nitrogens with one attached hydrogen (secondary N) is 1. The van der Waals surface area contributed by atoms with Gasteiger partial charge >= 0.3 is 0 Å². The number of rotatable bonds is 4. The first kappa shape index (κ1) is 13.2. The first-order valence-corrected chi connectivity index (χ1v) is 7.21. The zero-order valence-electron chi connectivity index (χ0n) is 11.3. The second-order valence-corrected chi connectivity index (χ2v) is 5.15. The summed E-state index contributed by atoms with van der Waals surface area (Å²) in [6.45, 7) is 2.87. The number of nitrogens with zero attached hydrogens (tertiary/aromatic N) is 2. The minimum Gasteiger partial charge on any atom is -0.334 e. The fraction of sp³-hybridized carbons (Fsp3) is 0.357. The van der Waals surface area contributed by atoms with Gasteiger partial charge in [-0.25, -0.2) is 4.98 Å². The van der Waals surface area contributed by atoms with E-state index in [0.29, 0.717) is 0 Å². The van der Waals surface area contributed by atoms with Gasteiger partial charge in [0.15, 0.2) is 0 Å². The molecule has 1 aromatic heterocycles. The molecule has 0 aliphatic heterocycles. The average Bonchev–Trinajstić information content (AvgIpc) is 2.68. The number of thioether (sulfide) groups is 1. The maximum Gasteiger partial charge on any atom is 0.106 e. The zero-order valence-corrected chi connectivity index (χ0v) is 12.1. The minimum atomic E-state index is 0.830. The Morgan fingerprint density at radius 2 is 1.94 bits per heavy atom. The van der Waals surface area contributed by atoms with E-state index < -0.39 is 0 Å². The molecular formula is C14H19N3S. The van der Waals surface area contributed by atoms with Crippen molar-refractivity contribution in [2.75, 3.05) is 13.3 Å². The molecule has 0 radical (unpaired) electrons. The van der Waals surface area contributed by atoms with Gasteiger partial charge in [-0.1, -0.05) is 12.1 Å². The zero-order chi connectivity index (χ0) is 13.1. The Morgan fingerprint density at radius 3 is 2.50 bits per heavy atom. The summed E-state index contributed by atoms with van der Waals surface area (Å²) in [5.74, 6) is 1.05. The summed E-state index contributed by atoms with van der Waals surface area (Å²) >= 11 is 1.76. The maximum absolute atomic E-state index is 4.67. The predicted octanol–water partition coefficient (Wildman–Crippen LogP) is 2.84. The van der Waals surface area contributed by atoms with Crippen LogP contribution >= 0.6 is 11.8 Å². The maximum atomic E-state index is 4.67. The molecule has 0 spiro atoms. The molecule has 1 heterocycles. The van der Waals surface area contributed by atoms with Crippen molar-refractivity contribution in [3.8, 4) is 11.3 Å². The van der Waals surface area contributed by atoms with E-state index in [4.69, 9.17) is 0 Å². The molecule has 0 amide bonds. The van der Waals surface area contributed by atoms with Crippen molar-refractivity contribution in [3.05, 3.63) is 35.8 Å². The van der Waals surface area contributed by atoms with Gasteiger partial charge < -0.3 is 9.88 Å². The molecule has 1 N–H and O–H groups in total. The first-order chi connectivity index (χ1) is 8.67. The number of hydrogen-bond donors (Lipinski definition) is 1. The first-order valence-electron chi connectivity index (χ1n) is 5.98. The second-order valence-electron chi connectivity index (χ2n) is 4.27. The lowest BCUT2D eigenvalue weighted by atomic mass is 10.1. The molecule has 0 saturated heterocycles. The fourth-order valence-corrected chi connectivity index (χ4v) is 2.41. The van der Waals surface area contributed by atoms with Crippen LogP contribution in [0.4, 0.5) is 0 Å². The van der Waals surface area contributed by atoms with E-state index in [1.165, 1.54) is 16.2 Å². The second kappa shape index (κ2) is 5.59. The summed E-state index contributed by atoms with van der Waals surface area (Å²) in [6.07, 6.45) is 2.09. The van der Waals surface area contributed by atoms with Crippen molar-refractivity contribution in [1.82, 2.24) is 14.9 Å². The molecule has 4 heteroatoms. The van der Waals surface area contributed by atoms with Crippen LogP contribution in [0.15, 0.2) is 29.2 Å². The molecule has 0 bridgehead atoms. The van der Waals surface area contributed by atoms with Crippen LogP contribution in [0, 0.1) is 6.92 Å². The van der Waals surface area contributed by atoms with Gasteiger partial charge in [-0.05, 0) is 32.4 Å². The third-order valence-electron chi connectivity index (χ3n) is 3.14. The van der Waals surface area contributed by atoms with Gasteiger partial charge in [0, 0.05) is 24.1 Å². The Bertz CT molecular complexity index is 529. The highest BCUT2D eigenvalue weighted by Gasteiger charge is 2.13. The largest absolute Gasteiger partial charge is 0.334 e. The molecule has 3 nitrogen and oxygen atoms in total. The Balaban J connectivity index is 2.45. The van der Waals surface area contributed by atoms with Crippen molar-refractivity contribution >= 4 is 11.8 Å². The molecular weight excluding hydrogens is 242 g/mol. The molecule has 1 aromatic carbocycles. The monoisotopic (exact) mass is 261 g/mol. The van der Waals surface area contributed by atoms with Gasteiger partial charge in [0.05, 0.1) is 11.4 Å². The topological polar surface area (TPSA) is 29.9 Å². The summed E-state index contributed by atoms with van der Waals surface area (Å²) in [7, 11) is 4.03. The van der Waals surface area contributed by atoms with Crippen molar-refractivity contribution in [2.24, 2.45) is 7.05 Å². The van der Waals surface area contributed by atoms with E-state index in [0.717, 1.165) is 18.1 Å². The number of aromatic nitrogens is 2. The van der Waals surface area contributed by atoms with Crippen molar-refractivity contribution < 1.29 is 0 Å². The highest BCUT2D eigenvalue weighted by atomic mass is 32.2. The number of aryl methyl sites for hydroxylation is 1. The van der Waals surface area contributed by atoms with Crippen molar-refractivity contribution in [3.63, 3.8) is 0 Å². The third-order valence-corrected chi connectivity index (χ3v) is 3.89. The molecule has 0 unspecified atom stereocenters. The number of benzene rings is 1. The lowest BCUT2D eigenvalue weighted by Crippen LogP contribution is -2.10. The Hall–Kier alpha value is -1.26. The molecule has 0 aliphatic carbocycles. The van der Waals surface area contributed by atoms with Crippen LogP contribution in [0.3, 0.4) is 0 Å². The smallest absolute Gasteiger partial charge is 0.106 e. The number of hydrogen-bond acceptors (Lipinski definition) is 3. The van der Waals surface area contributed by atoms with Crippen LogP contribution in [0.1, 0.15) is 11.5 Å². The Morgan fingerprint density at radius 1 is 1.28 bits per heavy atom. The third kappa shape index (κ3) is 2.44. The lowest BCUT2D eigenvalue weighted by molar-refractivity contribution is 0.722. The van der Waals surface area contributed by atoms with Crippen molar-refractivity contribution in [1.29, 1.82) is 0 Å². The van der Waals surface area contributed by atoms with Gasteiger partial charge in [0.2, 0.25) is 0 Å². The lowest BCUT2D eigenvalue weighted by Gasteiger charge is -2.06. The molecule has 0 aliphatic rings. The molecule has 18 heavy (non-hydrogen) atoms. The van der Waals surface area contributed by atoms with E-state index in [1.807, 2.05) is 14.0 Å². The molecule has 0 atom stereocenters. The molecule has 0 fully saturated rings. The Kier molecular flexibility index (Phi) is 4.09. The average molecular weight is 261 g/mol. The van der Waals surface area contributed by atoms with Crippen LogP contribution in [-0.2, 0) is 13.6 Å². The van der Waals surface area contributed by atoms with Gasteiger partial charge in [-0.3, -0.25) is 0 Å². The van der Waals surface area contributed by atoms with Crippen LogP contribution in [0.25, 0.3) is 11.3 Å². The van der Waals surface area contributed by atoms with Gasteiger partial charge in [-0.15, -0.1) is 11.8 Å². The van der Waals surface area contributed by atoms with Crippen LogP contribution in [-0.4, -0.2) is 22.9 Å². The predicted molar refractivity (Wildman–Crippen MR) is 77.9 cm³/mol. The normalized spacial score (nSPS) is 10.9. The van der Waals surface area contributed by atoms with E-state index in [2.05, 4.69) is 52.4 Å². The van der Waals surface area contributed by atoms with E-state index >= 15 is 0 Å². The molecule has 96 valence electrons. The van der Waals surface area contributed by atoms with E-state index in [1.54, 1.807) is 11.8 Å². The Labute approximate surface area is 113 Å². The van der Waals surface area contributed by atoms with Crippen LogP contribution in [0.2, 0.25) is 0 Å². The fourth-order valence-electron chi connectivity index (χ4n) is 2.01. The van der Waals surface area contributed by atoms with Crippen molar-refractivity contribution in [2.45, 2.75) is 18.4 Å². The van der Waals surface area contributed by atoms with Crippen LogP contribution in [0.5, 0.6) is 0 Å². The summed E-state index contributed by atoms with van der Waals surface area (Å²) in [4.78, 5) is 5.95. The molecule has 0 saturated carbocycles. The molecule has 2 aromatic rings. The number of imidazole rings is 1. The SMILES string of the molecule is CNCc1c(-c2ccc(SC)cc2)nc(C)n1C. The van der Waals surface area contributed by atoms with Gasteiger partial charge in [0.1, 0.15) is 5.82 Å². The summed E-state index contributed by atoms with van der Waals surface area (Å²) < 4.78 is 2.15. The highest BCUT2D eigenvalue weighted by Crippen LogP contribution is 2.25. The van der Waals surface area contributed by atoms with Gasteiger partial charge in [-0.2, -0.15) is 0 Å². The molecule has 2 rings (SSSR count). The van der Waals surface area contributed by atoms with E-state index in [-0.39, 0.29) is 0 Å². The summed E-state index contributed by atoms with van der Waals surface area (Å²) in [5.41, 5.74) is 3.49. The van der Waals surface area contributed by atoms with Gasteiger partial charge in [0.25, 0.3) is 0 Å². The minimum absolute atomic E-state index is 0.830. The summed E-state index contributed by atoms with van der Waals surface area (Å²) in [5, 5.41) is 3.21. The van der Waals surface area contributed by atoms with Crippen LogP contribution < -0.4 is 5.32 Å². The highest BCUT2D eigenvalue weighted by molar-refractivity contribution is 7.98. The summed E-state index contributed by atoms with van der Waals surface area (Å²) in [6, 6.07) is 8.58. The standard InChI is InChI=1S/C14H19N3S/c1-10-16-14(13(9-15-2)17(10)3)11-5-7-12(18-4)8-6-11/h5-8,15H,9H2,1-4H3. The van der Waals surface area contributed by atoms with E-state index in [9.17, 15) is 0 Å².